The van der Waals surface area contributed by atoms with Gasteiger partial charge in [-0.1, -0.05) is 30.3 Å². The first-order valence-corrected chi connectivity index (χ1v) is 15.9. The van der Waals surface area contributed by atoms with Gasteiger partial charge in [0.15, 0.2) is 5.82 Å². The molecule has 1 aliphatic rings. The van der Waals surface area contributed by atoms with Crippen LogP contribution in [0.2, 0.25) is 0 Å². The van der Waals surface area contributed by atoms with E-state index in [2.05, 4.69) is 20.3 Å². The van der Waals surface area contributed by atoms with Crippen LogP contribution in [0.15, 0.2) is 79.1 Å². The summed E-state index contributed by atoms with van der Waals surface area (Å²) in [5.74, 6) is -2.77. The van der Waals surface area contributed by atoms with Crippen molar-refractivity contribution in [1.29, 1.82) is 0 Å². The van der Waals surface area contributed by atoms with Crippen molar-refractivity contribution in [2.24, 2.45) is 5.73 Å². The number of morpholine rings is 1. The number of nitrogens with two attached hydrogens (primary N) is 1. The number of nitrogens with zero attached hydrogens (tertiary/aromatic N) is 4. The molecule has 0 aliphatic carbocycles. The van der Waals surface area contributed by atoms with E-state index in [-0.39, 0.29) is 23.6 Å². The highest BCUT2D eigenvalue weighted by Crippen LogP contribution is 2.26. The number of aromatic nitrogens is 3. The van der Waals surface area contributed by atoms with Crippen molar-refractivity contribution in [2.45, 2.75) is 19.0 Å². The lowest BCUT2D eigenvalue weighted by molar-refractivity contribution is -0.137. The summed E-state index contributed by atoms with van der Waals surface area (Å²) in [5, 5.41) is 7.30. The van der Waals surface area contributed by atoms with Gasteiger partial charge in [-0.15, -0.1) is 0 Å². The second-order valence-corrected chi connectivity index (χ2v) is 11.9. The molecule has 1 saturated heterocycles. The number of amides is 2. The number of halogens is 1. The molecule has 0 bridgehead atoms. The van der Waals surface area contributed by atoms with Crippen LogP contribution in [0, 0.1) is 5.82 Å². The zero-order valence-electron chi connectivity index (χ0n) is 24.9. The molecule has 0 saturated carbocycles. The minimum Gasteiger partial charge on any atom is -0.379 e. The van der Waals surface area contributed by atoms with E-state index in [4.69, 9.17) is 15.0 Å². The van der Waals surface area contributed by atoms with Crippen molar-refractivity contribution in [2.75, 3.05) is 32.6 Å². The van der Waals surface area contributed by atoms with Crippen molar-refractivity contribution >= 4 is 27.7 Å². The van der Waals surface area contributed by atoms with Crippen LogP contribution in [0.5, 0.6) is 0 Å². The van der Waals surface area contributed by atoms with E-state index >= 15 is 0 Å². The van der Waals surface area contributed by atoms with E-state index in [0.717, 1.165) is 29.8 Å². The number of benzene rings is 2. The second kappa shape index (κ2) is 15.4. The van der Waals surface area contributed by atoms with Gasteiger partial charge in [-0.25, -0.2) is 14.1 Å². The molecular weight excluding hydrogens is 619 g/mol. The Balaban J connectivity index is 0.000000892. The zero-order chi connectivity index (χ0) is 33.3. The Morgan fingerprint density at radius 2 is 1.76 bits per heavy atom. The van der Waals surface area contributed by atoms with Gasteiger partial charge in [-0.2, -0.15) is 13.5 Å². The van der Waals surface area contributed by atoms with E-state index in [1.54, 1.807) is 54.7 Å². The molecule has 1 atom stereocenters. The van der Waals surface area contributed by atoms with E-state index in [0.29, 0.717) is 31.7 Å². The number of Topliss-reactive ketones (excluding diaryl/α,β-unsaturated/α-hetero) is 1. The molecule has 4 N–H and O–H groups in total. The summed E-state index contributed by atoms with van der Waals surface area (Å²) in [5.41, 5.74) is 8.28. The molecule has 0 spiro atoms. The van der Waals surface area contributed by atoms with Crippen LogP contribution < -0.4 is 11.1 Å². The monoisotopic (exact) mass is 652 g/mol. The summed E-state index contributed by atoms with van der Waals surface area (Å²) in [6.45, 7) is 3.29. The summed E-state index contributed by atoms with van der Waals surface area (Å²) in [6, 6.07) is 17.3. The average molecular weight is 653 g/mol. The third kappa shape index (κ3) is 9.84. The Morgan fingerprint density at radius 1 is 1.07 bits per heavy atom. The van der Waals surface area contributed by atoms with Crippen LogP contribution in [0.25, 0.3) is 17.1 Å². The number of carbonyl (C=O) groups excluding carboxylic acids is 3. The second-order valence-electron chi connectivity index (χ2n) is 10.4. The third-order valence-corrected chi connectivity index (χ3v) is 6.83. The van der Waals surface area contributed by atoms with Crippen LogP contribution in [0.4, 0.5) is 4.39 Å². The summed E-state index contributed by atoms with van der Waals surface area (Å²) in [7, 11) is -3.67. The third-order valence-electron chi connectivity index (χ3n) is 6.83. The average Bonchev–Trinajstić information content (AvgIpc) is 3.50. The lowest BCUT2D eigenvalue weighted by atomic mass is 10.0. The molecule has 2 aromatic carbocycles. The number of ketones is 1. The molecule has 4 aromatic rings. The maximum atomic E-state index is 14.2. The number of carbonyl (C=O) groups is 3. The van der Waals surface area contributed by atoms with Gasteiger partial charge < -0.3 is 15.8 Å². The van der Waals surface area contributed by atoms with Gasteiger partial charge in [0, 0.05) is 44.0 Å². The molecule has 15 heteroatoms. The fraction of sp³-hybridized carbons (Fsp3) is 0.258. The predicted molar refractivity (Wildman–Crippen MR) is 166 cm³/mol. The van der Waals surface area contributed by atoms with Crippen molar-refractivity contribution < 1.29 is 36.5 Å². The molecule has 1 fully saturated rings. The number of hydrogen-bond donors (Lipinski definition) is 3. The highest BCUT2D eigenvalue weighted by Gasteiger charge is 2.27. The first kappa shape index (κ1) is 34.1. The van der Waals surface area contributed by atoms with Crippen LogP contribution in [0.3, 0.4) is 0 Å². The molecular formula is C31H33FN6O7S. The fourth-order valence-electron chi connectivity index (χ4n) is 4.75. The Kier molecular flexibility index (Phi) is 11.4. The number of nitrogens with one attached hydrogen (secondary N) is 1. The van der Waals surface area contributed by atoms with Gasteiger partial charge in [0.25, 0.3) is 21.9 Å². The molecule has 1 aliphatic heterocycles. The molecule has 0 radical (unpaired) electrons. The predicted octanol–water partition coefficient (Wildman–Crippen LogP) is 1.81. The van der Waals surface area contributed by atoms with Crippen molar-refractivity contribution in [3.05, 3.63) is 102 Å². The number of primary amides is 1. The quantitative estimate of drug-likeness (QED) is 0.168. The van der Waals surface area contributed by atoms with Gasteiger partial charge in [-0.05, 0) is 47.5 Å². The van der Waals surface area contributed by atoms with Crippen molar-refractivity contribution in [3.63, 3.8) is 0 Å². The maximum Gasteiger partial charge on any atom is 0.287 e. The van der Waals surface area contributed by atoms with Gasteiger partial charge in [0.05, 0.1) is 30.7 Å². The minimum atomic E-state index is -3.67. The molecule has 5 rings (SSSR count). The minimum absolute atomic E-state index is 0.0896. The maximum absolute atomic E-state index is 14.2. The van der Waals surface area contributed by atoms with Crippen LogP contribution >= 0.6 is 0 Å². The van der Waals surface area contributed by atoms with E-state index in [9.17, 15) is 27.2 Å². The largest absolute Gasteiger partial charge is 0.379 e. The molecule has 13 nitrogen and oxygen atoms in total. The van der Waals surface area contributed by atoms with Gasteiger partial charge >= 0.3 is 0 Å². The fourth-order valence-corrected chi connectivity index (χ4v) is 4.75. The topological polar surface area (TPSA) is 187 Å². The lowest BCUT2D eigenvalue weighted by Gasteiger charge is -2.27. The van der Waals surface area contributed by atoms with Crippen molar-refractivity contribution in [3.8, 4) is 17.1 Å². The van der Waals surface area contributed by atoms with E-state index in [1.807, 2.05) is 6.07 Å². The molecule has 46 heavy (non-hydrogen) atoms. The van der Waals surface area contributed by atoms with Gasteiger partial charge in [-0.3, -0.25) is 23.8 Å². The first-order valence-electron chi connectivity index (χ1n) is 14.1. The molecule has 3 heterocycles. The Morgan fingerprint density at radius 3 is 2.43 bits per heavy atom. The Labute approximate surface area is 264 Å². The molecule has 1 unspecified atom stereocenters. The summed E-state index contributed by atoms with van der Waals surface area (Å²) in [4.78, 5) is 44.2. The van der Waals surface area contributed by atoms with Crippen molar-refractivity contribution in [1.82, 2.24) is 25.0 Å². The SMILES string of the molecule is CS(=O)(=O)O.NC(=O)C(=O)C(Cc1ccccc1)NC(=O)c1cccnc1-n1ccc(-c2ccc(F)cc2CN2CCOCC2)n1. The smallest absolute Gasteiger partial charge is 0.287 e. The Hall–Kier alpha value is -4.83. The summed E-state index contributed by atoms with van der Waals surface area (Å²) >= 11 is 0. The molecule has 2 amide bonds. The van der Waals surface area contributed by atoms with Crippen LogP contribution in [-0.2, 0) is 37.4 Å². The lowest BCUT2D eigenvalue weighted by Crippen LogP contribution is -2.47. The normalized spacial score (nSPS) is 14.1. The zero-order valence-corrected chi connectivity index (χ0v) is 25.7. The molecule has 2 aromatic heterocycles. The first-order chi connectivity index (χ1) is 21.9. The van der Waals surface area contributed by atoms with Gasteiger partial charge in [0.1, 0.15) is 11.9 Å². The number of hydrogen-bond acceptors (Lipinski definition) is 9. The number of rotatable bonds is 10. The van der Waals surface area contributed by atoms with E-state index in [1.165, 1.54) is 23.0 Å². The van der Waals surface area contributed by atoms with Crippen LogP contribution in [0.1, 0.15) is 21.5 Å². The standard InChI is InChI=1S/C30H29FN6O4.CH4O3S/c31-22-8-9-23(21(18-22)19-36-13-15-41-16-14-36)25-10-12-37(35-25)29-24(7-4-11-33-29)30(40)34-26(27(38)28(32)39)17-20-5-2-1-3-6-20;1-5(2,3)4/h1-12,18,26H,13-17,19H2,(H2,32,39)(H,34,40);1H3,(H,2,3,4). The van der Waals surface area contributed by atoms with E-state index < -0.39 is 33.8 Å². The molecule has 242 valence electrons. The highest BCUT2D eigenvalue weighted by atomic mass is 32.2. The highest BCUT2D eigenvalue weighted by molar-refractivity contribution is 7.85. The Bertz CT molecular complexity index is 1790. The summed E-state index contributed by atoms with van der Waals surface area (Å²) in [6.07, 6.45) is 3.98. The van der Waals surface area contributed by atoms with Crippen LogP contribution in [-0.4, -0.2) is 88.8 Å². The number of ether oxygens (including phenoxy) is 1. The summed E-state index contributed by atoms with van der Waals surface area (Å²) < 4.78 is 46.9. The number of pyridine rings is 1. The van der Waals surface area contributed by atoms with Gasteiger partial charge in [0.2, 0.25) is 5.78 Å².